The quantitative estimate of drug-likeness (QED) is 0.556. The Kier molecular flexibility index (Phi) is 4.62. The van der Waals surface area contributed by atoms with Crippen LogP contribution in [0.3, 0.4) is 0 Å². The fraction of sp³-hybridized carbons (Fsp3) is 0.316. The lowest BCUT2D eigenvalue weighted by atomic mass is 10.1. The van der Waals surface area contributed by atoms with E-state index in [2.05, 4.69) is 37.9 Å². The summed E-state index contributed by atoms with van der Waals surface area (Å²) in [4.78, 5) is 16.3. The topological polar surface area (TPSA) is 37.8 Å². The summed E-state index contributed by atoms with van der Waals surface area (Å²) >= 11 is 1.89. The van der Waals surface area contributed by atoms with E-state index in [0.717, 1.165) is 29.8 Å². The Labute approximate surface area is 140 Å². The molecule has 0 aliphatic rings. The number of H-pyrrole nitrogens is 1. The van der Waals surface area contributed by atoms with E-state index in [0.29, 0.717) is 0 Å². The van der Waals surface area contributed by atoms with Crippen molar-refractivity contribution in [1.29, 1.82) is 0 Å². The summed E-state index contributed by atoms with van der Waals surface area (Å²) in [5.74, 6) is 1.01. The highest BCUT2D eigenvalue weighted by Gasteiger charge is 2.07. The molecule has 0 fully saturated rings. The van der Waals surface area contributed by atoms with E-state index >= 15 is 0 Å². The standard InChI is InChI=1S/C19H22N2OS/c1-13-11-14(2)18(15(3)12-13)23-10-6-9-21-17-8-5-4-7-16(17)20-19(21)22/h4-5,7-8,11-12H,6,9-10H2,1-3H3,(H,20,22). The maximum Gasteiger partial charge on any atom is 0.326 e. The van der Waals surface area contributed by atoms with E-state index in [9.17, 15) is 4.79 Å². The van der Waals surface area contributed by atoms with Crippen LogP contribution in [0.5, 0.6) is 0 Å². The average Bonchev–Trinajstić information content (AvgIpc) is 2.81. The fourth-order valence-corrected chi connectivity index (χ4v) is 4.17. The predicted molar refractivity (Wildman–Crippen MR) is 98.6 cm³/mol. The molecule has 4 heteroatoms. The van der Waals surface area contributed by atoms with Gasteiger partial charge in [-0.1, -0.05) is 29.8 Å². The van der Waals surface area contributed by atoms with E-state index in [1.807, 2.05) is 40.6 Å². The molecule has 3 rings (SSSR count). The van der Waals surface area contributed by atoms with E-state index < -0.39 is 0 Å². The second kappa shape index (κ2) is 6.67. The molecule has 0 atom stereocenters. The van der Waals surface area contributed by atoms with Crippen LogP contribution >= 0.6 is 11.8 Å². The summed E-state index contributed by atoms with van der Waals surface area (Å²) in [5.41, 5.74) is 5.89. The molecule has 3 nitrogen and oxygen atoms in total. The van der Waals surface area contributed by atoms with Crippen molar-refractivity contribution in [3.05, 3.63) is 63.6 Å². The number of nitrogens with one attached hydrogen (secondary N) is 1. The van der Waals surface area contributed by atoms with Gasteiger partial charge in [0.1, 0.15) is 0 Å². The number of aryl methyl sites for hydroxylation is 4. The lowest BCUT2D eigenvalue weighted by Crippen LogP contribution is -2.17. The fourth-order valence-electron chi connectivity index (χ4n) is 3.12. The maximum atomic E-state index is 12.0. The third kappa shape index (κ3) is 3.37. The van der Waals surface area contributed by atoms with Crippen molar-refractivity contribution in [3.8, 4) is 0 Å². The minimum absolute atomic E-state index is 0.0149. The Bertz CT molecular complexity index is 869. The molecule has 23 heavy (non-hydrogen) atoms. The van der Waals surface area contributed by atoms with Crippen molar-refractivity contribution in [2.75, 3.05) is 5.75 Å². The van der Waals surface area contributed by atoms with Crippen LogP contribution in [-0.4, -0.2) is 15.3 Å². The van der Waals surface area contributed by atoms with Gasteiger partial charge in [-0.15, -0.1) is 11.8 Å². The van der Waals surface area contributed by atoms with Crippen LogP contribution in [0, 0.1) is 20.8 Å². The van der Waals surface area contributed by atoms with Gasteiger partial charge in [-0.05, 0) is 56.2 Å². The summed E-state index contributed by atoms with van der Waals surface area (Å²) < 4.78 is 1.84. The normalized spacial score (nSPS) is 11.3. The molecule has 1 heterocycles. The highest BCUT2D eigenvalue weighted by molar-refractivity contribution is 7.99. The molecule has 0 saturated heterocycles. The SMILES string of the molecule is Cc1cc(C)c(SCCCn2c(=O)[nH]c3ccccc32)c(C)c1. The molecule has 0 bridgehead atoms. The average molecular weight is 326 g/mol. The molecule has 0 radical (unpaired) electrons. The first-order chi connectivity index (χ1) is 11.1. The van der Waals surface area contributed by atoms with Crippen molar-refractivity contribution < 1.29 is 0 Å². The van der Waals surface area contributed by atoms with Crippen LogP contribution in [0.4, 0.5) is 0 Å². The molecule has 3 aromatic rings. The number of hydrogen-bond acceptors (Lipinski definition) is 2. The van der Waals surface area contributed by atoms with E-state index in [4.69, 9.17) is 0 Å². The number of para-hydroxylation sites is 2. The molecule has 120 valence electrons. The van der Waals surface area contributed by atoms with Crippen LogP contribution in [0.25, 0.3) is 11.0 Å². The van der Waals surface area contributed by atoms with Gasteiger partial charge in [0.2, 0.25) is 0 Å². The van der Waals surface area contributed by atoms with E-state index in [1.165, 1.54) is 21.6 Å². The molecule has 0 saturated carbocycles. The molecule has 2 aromatic carbocycles. The smallest absolute Gasteiger partial charge is 0.306 e. The molecule has 0 aliphatic heterocycles. The van der Waals surface area contributed by atoms with Gasteiger partial charge in [-0.3, -0.25) is 4.57 Å². The number of imidazole rings is 1. The third-order valence-corrected chi connectivity index (χ3v) is 5.48. The van der Waals surface area contributed by atoms with Gasteiger partial charge >= 0.3 is 5.69 Å². The highest BCUT2D eigenvalue weighted by atomic mass is 32.2. The Morgan fingerprint density at radius 1 is 1.09 bits per heavy atom. The largest absolute Gasteiger partial charge is 0.326 e. The first kappa shape index (κ1) is 15.9. The van der Waals surface area contributed by atoms with Gasteiger partial charge in [0.25, 0.3) is 0 Å². The van der Waals surface area contributed by atoms with Crippen LogP contribution in [0.1, 0.15) is 23.1 Å². The Hall–Kier alpha value is -1.94. The van der Waals surface area contributed by atoms with Crippen molar-refractivity contribution in [2.45, 2.75) is 38.6 Å². The van der Waals surface area contributed by atoms with Crippen LogP contribution in [0.2, 0.25) is 0 Å². The summed E-state index contributed by atoms with van der Waals surface area (Å²) in [6.07, 6.45) is 0.971. The first-order valence-electron chi connectivity index (χ1n) is 7.94. The number of hydrogen-bond donors (Lipinski definition) is 1. The number of thioether (sulfide) groups is 1. The molecule has 0 amide bonds. The second-order valence-electron chi connectivity index (χ2n) is 6.03. The second-order valence-corrected chi connectivity index (χ2v) is 7.13. The summed E-state index contributed by atoms with van der Waals surface area (Å²) in [6.45, 7) is 7.23. The van der Waals surface area contributed by atoms with Crippen LogP contribution < -0.4 is 5.69 Å². The van der Waals surface area contributed by atoms with Gasteiger partial charge in [-0.2, -0.15) is 0 Å². The summed E-state index contributed by atoms with van der Waals surface area (Å²) in [5, 5.41) is 0. The minimum Gasteiger partial charge on any atom is -0.306 e. The van der Waals surface area contributed by atoms with E-state index in [-0.39, 0.29) is 5.69 Å². The van der Waals surface area contributed by atoms with Crippen molar-refractivity contribution in [1.82, 2.24) is 9.55 Å². The van der Waals surface area contributed by atoms with Crippen LogP contribution in [-0.2, 0) is 6.54 Å². The highest BCUT2D eigenvalue weighted by Crippen LogP contribution is 2.28. The van der Waals surface area contributed by atoms with Crippen molar-refractivity contribution >= 4 is 22.8 Å². The summed E-state index contributed by atoms with van der Waals surface area (Å²) in [6, 6.07) is 12.3. The number of benzene rings is 2. The first-order valence-corrected chi connectivity index (χ1v) is 8.93. The Morgan fingerprint density at radius 2 is 1.78 bits per heavy atom. The summed E-state index contributed by atoms with van der Waals surface area (Å²) in [7, 11) is 0. The Morgan fingerprint density at radius 3 is 2.52 bits per heavy atom. The van der Waals surface area contributed by atoms with Crippen LogP contribution in [0.15, 0.2) is 46.1 Å². The minimum atomic E-state index is -0.0149. The zero-order valence-electron chi connectivity index (χ0n) is 13.8. The molecular weight excluding hydrogens is 304 g/mol. The third-order valence-electron chi connectivity index (χ3n) is 4.06. The molecule has 1 aromatic heterocycles. The van der Waals surface area contributed by atoms with Gasteiger partial charge in [0, 0.05) is 11.4 Å². The zero-order chi connectivity index (χ0) is 16.4. The maximum absolute atomic E-state index is 12.0. The van der Waals surface area contributed by atoms with Gasteiger partial charge in [0.15, 0.2) is 0 Å². The number of nitrogens with zero attached hydrogens (tertiary/aromatic N) is 1. The number of rotatable bonds is 5. The predicted octanol–water partition coefficient (Wildman–Crippen LogP) is 4.44. The molecule has 0 aliphatic carbocycles. The van der Waals surface area contributed by atoms with Gasteiger partial charge in [-0.25, -0.2) is 4.79 Å². The lowest BCUT2D eigenvalue weighted by Gasteiger charge is -2.11. The molecular formula is C19H22N2OS. The van der Waals surface area contributed by atoms with Gasteiger partial charge < -0.3 is 4.98 Å². The monoisotopic (exact) mass is 326 g/mol. The molecule has 1 N–H and O–H groups in total. The van der Waals surface area contributed by atoms with E-state index in [1.54, 1.807) is 0 Å². The lowest BCUT2D eigenvalue weighted by molar-refractivity contribution is 0.679. The zero-order valence-corrected chi connectivity index (χ0v) is 14.7. The number of fused-ring (bicyclic) bond motifs is 1. The van der Waals surface area contributed by atoms with Gasteiger partial charge in [0.05, 0.1) is 11.0 Å². The van der Waals surface area contributed by atoms with Crippen molar-refractivity contribution in [3.63, 3.8) is 0 Å². The number of aromatic nitrogens is 2. The number of aromatic amines is 1. The molecule has 0 unspecified atom stereocenters. The Balaban J connectivity index is 1.66. The molecule has 0 spiro atoms. The van der Waals surface area contributed by atoms with Crippen molar-refractivity contribution in [2.24, 2.45) is 0 Å².